The highest BCUT2D eigenvalue weighted by Crippen LogP contribution is 2.24. The quantitative estimate of drug-likeness (QED) is 0.730. The van der Waals surface area contributed by atoms with Gasteiger partial charge in [-0.25, -0.2) is 0 Å². The Hall–Kier alpha value is -2.58. The van der Waals surface area contributed by atoms with E-state index >= 15 is 0 Å². The third-order valence-electron chi connectivity index (χ3n) is 3.48. The fourth-order valence-electron chi connectivity index (χ4n) is 2.16. The van der Waals surface area contributed by atoms with Crippen LogP contribution in [0.3, 0.4) is 0 Å². The molecule has 0 fully saturated rings. The number of hydrogen-bond donors (Lipinski definition) is 2. The van der Waals surface area contributed by atoms with Crippen LogP contribution in [0.4, 0.5) is 24.5 Å². The minimum absolute atomic E-state index is 0.163. The molecule has 142 valence electrons. The van der Waals surface area contributed by atoms with Gasteiger partial charge in [0.25, 0.3) is 0 Å². The second kappa shape index (κ2) is 8.68. The summed E-state index contributed by atoms with van der Waals surface area (Å²) in [5, 5.41) is 8.75. The summed E-state index contributed by atoms with van der Waals surface area (Å²) in [7, 11) is 0. The molecule has 0 unspecified atom stereocenters. The van der Waals surface area contributed by atoms with Gasteiger partial charge in [-0.1, -0.05) is 31.1 Å². The number of rotatable bonds is 8. The van der Waals surface area contributed by atoms with E-state index in [1.54, 1.807) is 18.2 Å². The van der Waals surface area contributed by atoms with E-state index in [1.807, 2.05) is 13.8 Å². The summed E-state index contributed by atoms with van der Waals surface area (Å²) in [4.78, 5) is 16.3. The van der Waals surface area contributed by atoms with Crippen LogP contribution in [-0.4, -0.2) is 28.8 Å². The zero-order valence-electron chi connectivity index (χ0n) is 14.6. The van der Waals surface area contributed by atoms with Gasteiger partial charge in [-0.2, -0.15) is 18.2 Å². The number of alkyl halides is 3. The van der Waals surface area contributed by atoms with Gasteiger partial charge in [0.15, 0.2) is 5.82 Å². The number of amides is 1. The van der Waals surface area contributed by atoms with Crippen molar-refractivity contribution in [3.8, 4) is 0 Å². The predicted octanol–water partition coefficient (Wildman–Crippen LogP) is 4.13. The first kappa shape index (κ1) is 19.7. The van der Waals surface area contributed by atoms with Gasteiger partial charge in [0.2, 0.25) is 11.8 Å². The van der Waals surface area contributed by atoms with Gasteiger partial charge in [0.05, 0.1) is 11.4 Å². The summed E-state index contributed by atoms with van der Waals surface area (Å²) >= 11 is 0. The lowest BCUT2D eigenvalue weighted by Gasteiger charge is -2.14. The number of carbonyl (C=O) groups excluding carboxylic acids is 1. The summed E-state index contributed by atoms with van der Waals surface area (Å²) in [6.45, 7) is 2.73. The molecular formula is C17H21F3N4O2. The van der Waals surface area contributed by atoms with Crippen molar-refractivity contribution in [2.45, 2.75) is 45.2 Å². The van der Waals surface area contributed by atoms with Crippen LogP contribution >= 0.6 is 0 Å². The van der Waals surface area contributed by atoms with Crippen molar-refractivity contribution in [3.63, 3.8) is 0 Å². The lowest BCUT2D eigenvalue weighted by molar-refractivity contribution is -0.116. The van der Waals surface area contributed by atoms with Gasteiger partial charge >= 0.3 is 6.18 Å². The van der Waals surface area contributed by atoms with Crippen LogP contribution in [0.2, 0.25) is 0 Å². The van der Waals surface area contributed by atoms with Crippen LogP contribution in [0.25, 0.3) is 0 Å². The zero-order chi connectivity index (χ0) is 19.2. The van der Waals surface area contributed by atoms with Crippen LogP contribution < -0.4 is 10.6 Å². The Kier molecular flexibility index (Phi) is 6.59. The monoisotopic (exact) mass is 370 g/mol. The minimum Gasteiger partial charge on any atom is -0.375 e. The molecule has 0 atom stereocenters. The molecule has 0 saturated carbocycles. The number of nitrogens with one attached hydrogen (secondary N) is 2. The van der Waals surface area contributed by atoms with E-state index in [-0.39, 0.29) is 23.9 Å². The first-order valence-corrected chi connectivity index (χ1v) is 8.26. The van der Waals surface area contributed by atoms with Gasteiger partial charge < -0.3 is 15.2 Å². The number of aryl methyl sites for hydroxylation is 1. The minimum atomic E-state index is -4.34. The van der Waals surface area contributed by atoms with Gasteiger partial charge in [0.1, 0.15) is 6.54 Å². The maximum absolute atomic E-state index is 12.3. The van der Waals surface area contributed by atoms with Crippen LogP contribution in [-0.2, 0) is 11.2 Å². The Bertz CT molecular complexity index is 729. The Morgan fingerprint density at radius 2 is 1.92 bits per heavy atom. The molecule has 1 heterocycles. The van der Waals surface area contributed by atoms with E-state index in [4.69, 9.17) is 4.52 Å². The highest BCUT2D eigenvalue weighted by atomic mass is 19.4. The molecule has 2 rings (SSSR count). The molecule has 0 spiro atoms. The largest absolute Gasteiger partial charge is 0.405 e. The molecule has 1 aromatic heterocycles. The SMILES string of the molecule is CC(C)c1noc(CCCC(=O)Nc2ccccc2NCC(F)(F)F)n1. The van der Waals surface area contributed by atoms with Gasteiger partial charge in [0, 0.05) is 18.8 Å². The van der Waals surface area contributed by atoms with Gasteiger partial charge in [-0.05, 0) is 18.6 Å². The van der Waals surface area contributed by atoms with Crippen molar-refractivity contribution >= 4 is 17.3 Å². The zero-order valence-corrected chi connectivity index (χ0v) is 14.6. The van der Waals surface area contributed by atoms with Crippen molar-refractivity contribution in [2.24, 2.45) is 0 Å². The maximum atomic E-state index is 12.3. The first-order valence-electron chi connectivity index (χ1n) is 8.26. The normalized spacial score (nSPS) is 11.6. The number of hydrogen-bond acceptors (Lipinski definition) is 5. The van der Waals surface area contributed by atoms with Crippen molar-refractivity contribution < 1.29 is 22.5 Å². The van der Waals surface area contributed by atoms with Crippen molar-refractivity contribution in [1.82, 2.24) is 10.1 Å². The second-order valence-corrected chi connectivity index (χ2v) is 6.12. The van der Waals surface area contributed by atoms with Crippen LogP contribution in [0.5, 0.6) is 0 Å². The van der Waals surface area contributed by atoms with Crippen LogP contribution in [0.1, 0.15) is 44.3 Å². The molecule has 1 amide bonds. The second-order valence-electron chi connectivity index (χ2n) is 6.12. The molecule has 2 aromatic rings. The lowest BCUT2D eigenvalue weighted by atomic mass is 10.2. The topological polar surface area (TPSA) is 80.0 Å². The van der Waals surface area contributed by atoms with E-state index in [0.717, 1.165) is 0 Å². The smallest absolute Gasteiger partial charge is 0.375 e. The third-order valence-corrected chi connectivity index (χ3v) is 3.48. The van der Waals surface area contributed by atoms with E-state index in [9.17, 15) is 18.0 Å². The van der Waals surface area contributed by atoms with Crippen molar-refractivity contribution in [2.75, 3.05) is 17.2 Å². The molecule has 6 nitrogen and oxygen atoms in total. The molecule has 2 N–H and O–H groups in total. The van der Waals surface area contributed by atoms with E-state index in [1.165, 1.54) is 6.07 Å². The highest BCUT2D eigenvalue weighted by Gasteiger charge is 2.27. The summed E-state index contributed by atoms with van der Waals surface area (Å²) in [5.74, 6) is 0.953. The molecule has 0 aliphatic heterocycles. The Morgan fingerprint density at radius 1 is 1.23 bits per heavy atom. The average molecular weight is 370 g/mol. The number of nitrogens with zero attached hydrogens (tertiary/aromatic N) is 2. The fourth-order valence-corrected chi connectivity index (χ4v) is 2.16. The van der Waals surface area contributed by atoms with Crippen LogP contribution in [0.15, 0.2) is 28.8 Å². The van der Waals surface area contributed by atoms with E-state index in [0.29, 0.717) is 30.2 Å². The summed E-state index contributed by atoms with van der Waals surface area (Å²) in [6, 6.07) is 6.26. The molecule has 0 aliphatic rings. The van der Waals surface area contributed by atoms with Gasteiger partial charge in [-0.3, -0.25) is 4.79 Å². The average Bonchev–Trinajstić information content (AvgIpc) is 3.02. The fraction of sp³-hybridized carbons (Fsp3) is 0.471. The molecule has 0 aliphatic carbocycles. The van der Waals surface area contributed by atoms with Gasteiger partial charge in [-0.15, -0.1) is 0 Å². The molecule has 26 heavy (non-hydrogen) atoms. The summed E-state index contributed by atoms with van der Waals surface area (Å²) < 4.78 is 42.1. The molecule has 0 saturated heterocycles. The summed E-state index contributed by atoms with van der Waals surface area (Å²) in [6.07, 6.45) is -3.20. The predicted molar refractivity (Wildman–Crippen MR) is 90.9 cm³/mol. The Morgan fingerprint density at radius 3 is 2.54 bits per heavy atom. The first-order chi connectivity index (χ1) is 12.2. The number of aromatic nitrogens is 2. The lowest BCUT2D eigenvalue weighted by Crippen LogP contribution is -2.22. The highest BCUT2D eigenvalue weighted by molar-refractivity contribution is 5.94. The van der Waals surface area contributed by atoms with E-state index in [2.05, 4.69) is 20.8 Å². The number of carbonyl (C=O) groups is 1. The Balaban J connectivity index is 1.83. The molecule has 0 bridgehead atoms. The molecular weight excluding hydrogens is 349 g/mol. The van der Waals surface area contributed by atoms with Crippen molar-refractivity contribution in [1.29, 1.82) is 0 Å². The number of anilines is 2. The molecule has 1 aromatic carbocycles. The maximum Gasteiger partial charge on any atom is 0.405 e. The summed E-state index contributed by atoms with van der Waals surface area (Å²) in [5.41, 5.74) is 0.526. The van der Waals surface area contributed by atoms with Crippen LogP contribution in [0, 0.1) is 0 Å². The molecule has 0 radical (unpaired) electrons. The Labute approximate surface area is 149 Å². The standard InChI is InChI=1S/C17H21F3N4O2/c1-11(2)16-23-15(26-24-16)9-5-8-14(25)22-13-7-4-3-6-12(13)21-10-17(18,19)20/h3-4,6-7,11,21H,5,8-10H2,1-2H3,(H,22,25). The van der Waals surface area contributed by atoms with E-state index < -0.39 is 12.7 Å². The number of halogens is 3. The number of benzene rings is 1. The number of para-hydroxylation sites is 2. The third kappa shape index (κ3) is 6.38. The van der Waals surface area contributed by atoms with Crippen molar-refractivity contribution in [3.05, 3.63) is 36.0 Å². The molecule has 9 heteroatoms.